The fourth-order valence-electron chi connectivity index (χ4n) is 2.05. The predicted molar refractivity (Wildman–Crippen MR) is 68.6 cm³/mol. The lowest BCUT2D eigenvalue weighted by Crippen LogP contribution is -2.30. The van der Waals surface area contributed by atoms with Crippen molar-refractivity contribution < 1.29 is 23.6 Å². The molecule has 2 atom stereocenters. The summed E-state index contributed by atoms with van der Waals surface area (Å²) in [5.74, 6) is 0. The predicted octanol–water partition coefficient (Wildman–Crippen LogP) is -0.371. The van der Waals surface area contributed by atoms with Crippen molar-refractivity contribution in [2.24, 2.45) is 0 Å². The van der Waals surface area contributed by atoms with Crippen LogP contribution < -0.4 is 0 Å². The van der Waals surface area contributed by atoms with E-state index in [1.54, 1.807) is 0 Å². The van der Waals surface area contributed by atoms with Gasteiger partial charge < -0.3 is 10.2 Å². The number of nitro groups is 1. The lowest BCUT2D eigenvalue weighted by Gasteiger charge is -2.16. The van der Waals surface area contributed by atoms with Gasteiger partial charge in [0.05, 0.1) is 22.0 Å². The first kappa shape index (κ1) is 14.9. The van der Waals surface area contributed by atoms with Gasteiger partial charge in [-0.05, 0) is 12.5 Å². The average molecular weight is 302 g/mol. The van der Waals surface area contributed by atoms with E-state index in [1.807, 2.05) is 0 Å². The Bertz CT molecular complexity index is 634. The van der Waals surface area contributed by atoms with Crippen molar-refractivity contribution in [2.45, 2.75) is 24.0 Å². The summed E-state index contributed by atoms with van der Waals surface area (Å²) in [6.07, 6.45) is -2.30. The Labute approximate surface area is 115 Å². The smallest absolute Gasteiger partial charge is 0.270 e. The van der Waals surface area contributed by atoms with E-state index in [0.717, 1.165) is 10.4 Å². The molecule has 2 N–H and O–H groups in total. The summed E-state index contributed by atoms with van der Waals surface area (Å²) < 4.78 is 25.7. The van der Waals surface area contributed by atoms with E-state index in [0.29, 0.717) is 5.56 Å². The Morgan fingerprint density at radius 1 is 1.30 bits per heavy atom. The first-order valence-corrected chi connectivity index (χ1v) is 7.29. The van der Waals surface area contributed by atoms with Gasteiger partial charge in [-0.25, -0.2) is 8.42 Å². The third-order valence-electron chi connectivity index (χ3n) is 3.23. The lowest BCUT2D eigenvalue weighted by atomic mass is 10.2. The second-order valence-corrected chi connectivity index (χ2v) is 6.57. The lowest BCUT2D eigenvalue weighted by molar-refractivity contribution is -0.385. The molecular weight excluding hydrogens is 288 g/mol. The number of nitrogens with zero attached hydrogens (tertiary/aromatic N) is 2. The average Bonchev–Trinajstić information content (AvgIpc) is 2.70. The van der Waals surface area contributed by atoms with Gasteiger partial charge >= 0.3 is 0 Å². The Morgan fingerprint density at radius 2 is 1.85 bits per heavy atom. The van der Waals surface area contributed by atoms with Crippen LogP contribution in [0.1, 0.15) is 5.56 Å². The third kappa shape index (κ3) is 2.52. The first-order valence-electron chi connectivity index (χ1n) is 5.85. The minimum absolute atomic E-state index is 0.187. The monoisotopic (exact) mass is 302 g/mol. The van der Waals surface area contributed by atoms with E-state index in [4.69, 9.17) is 0 Å². The Balaban J connectivity index is 2.44. The summed E-state index contributed by atoms with van der Waals surface area (Å²) in [7, 11) is -3.98. The SMILES string of the molecule is Cc1ccc([N+](=O)[O-])cc1S(=O)(=O)N1CC(O)C(O)C1. The van der Waals surface area contributed by atoms with Crippen LogP contribution in [0, 0.1) is 17.0 Å². The van der Waals surface area contributed by atoms with Gasteiger partial charge in [-0.2, -0.15) is 4.31 Å². The van der Waals surface area contributed by atoms with Crippen LogP contribution in [0.25, 0.3) is 0 Å². The third-order valence-corrected chi connectivity index (χ3v) is 5.20. The molecule has 9 heteroatoms. The summed E-state index contributed by atoms with van der Waals surface area (Å²) in [6, 6.07) is 3.57. The standard InChI is InChI=1S/C11H14N2O6S/c1-7-2-3-8(13(16)17)4-11(7)20(18,19)12-5-9(14)10(15)6-12/h2-4,9-10,14-15H,5-6H2,1H3. The van der Waals surface area contributed by atoms with Gasteiger partial charge in [-0.3, -0.25) is 10.1 Å². The number of aliphatic hydroxyl groups excluding tert-OH is 2. The summed E-state index contributed by atoms with van der Waals surface area (Å²) in [4.78, 5) is 9.87. The van der Waals surface area contributed by atoms with Crippen molar-refractivity contribution in [3.63, 3.8) is 0 Å². The highest BCUT2D eigenvalue weighted by Crippen LogP contribution is 2.27. The molecule has 0 radical (unpaired) electrons. The topological polar surface area (TPSA) is 121 Å². The molecule has 0 aromatic heterocycles. The molecule has 1 aliphatic heterocycles. The van der Waals surface area contributed by atoms with Crippen molar-refractivity contribution in [1.82, 2.24) is 4.31 Å². The molecule has 0 aliphatic carbocycles. The summed E-state index contributed by atoms with van der Waals surface area (Å²) in [6.45, 7) is 1.07. The number of non-ortho nitro benzene ring substituents is 1. The molecule has 1 aliphatic rings. The van der Waals surface area contributed by atoms with Gasteiger partial charge in [-0.15, -0.1) is 0 Å². The van der Waals surface area contributed by atoms with Crippen molar-refractivity contribution in [1.29, 1.82) is 0 Å². The first-order chi connectivity index (χ1) is 9.23. The van der Waals surface area contributed by atoms with E-state index < -0.39 is 27.2 Å². The summed E-state index contributed by atoms with van der Waals surface area (Å²) in [5.41, 5.74) is 0.0425. The van der Waals surface area contributed by atoms with Gasteiger partial charge in [0.1, 0.15) is 0 Å². The van der Waals surface area contributed by atoms with Crippen LogP contribution in [0.2, 0.25) is 0 Å². The number of aryl methyl sites for hydroxylation is 1. The maximum atomic E-state index is 12.4. The Hall–Kier alpha value is -1.55. The highest BCUT2D eigenvalue weighted by molar-refractivity contribution is 7.89. The maximum Gasteiger partial charge on any atom is 0.270 e. The molecule has 1 fully saturated rings. The number of rotatable bonds is 3. The van der Waals surface area contributed by atoms with Crippen molar-refractivity contribution in [3.8, 4) is 0 Å². The molecule has 1 aromatic carbocycles. The van der Waals surface area contributed by atoms with E-state index in [-0.39, 0.29) is 23.7 Å². The molecule has 2 unspecified atom stereocenters. The Morgan fingerprint density at radius 3 is 2.35 bits per heavy atom. The molecule has 0 saturated carbocycles. The zero-order chi connectivity index (χ0) is 15.1. The van der Waals surface area contributed by atoms with Gasteiger partial charge in [-0.1, -0.05) is 6.07 Å². The fraction of sp³-hybridized carbons (Fsp3) is 0.455. The van der Waals surface area contributed by atoms with Crippen LogP contribution in [0.3, 0.4) is 0 Å². The molecule has 1 heterocycles. The Kier molecular flexibility index (Phi) is 3.78. The molecular formula is C11H14N2O6S. The second-order valence-electron chi connectivity index (χ2n) is 4.66. The molecule has 0 bridgehead atoms. The van der Waals surface area contributed by atoms with Crippen LogP contribution in [0.15, 0.2) is 23.1 Å². The largest absolute Gasteiger partial charge is 0.389 e. The second kappa shape index (κ2) is 5.09. The molecule has 2 rings (SSSR count). The molecule has 1 saturated heterocycles. The number of aliphatic hydroxyl groups is 2. The molecule has 0 spiro atoms. The van der Waals surface area contributed by atoms with Crippen LogP contribution in [-0.2, 0) is 10.0 Å². The van der Waals surface area contributed by atoms with Crippen LogP contribution >= 0.6 is 0 Å². The number of benzene rings is 1. The fourth-order valence-corrected chi connectivity index (χ4v) is 3.77. The quantitative estimate of drug-likeness (QED) is 0.580. The van der Waals surface area contributed by atoms with Gasteiger partial charge in [0.2, 0.25) is 10.0 Å². The number of hydrogen-bond acceptors (Lipinski definition) is 6. The minimum Gasteiger partial charge on any atom is -0.389 e. The molecule has 1 aromatic rings. The number of nitro benzene ring substituents is 1. The highest BCUT2D eigenvalue weighted by Gasteiger charge is 2.38. The number of sulfonamides is 1. The molecule has 8 nitrogen and oxygen atoms in total. The van der Waals surface area contributed by atoms with E-state index in [2.05, 4.69) is 0 Å². The number of hydrogen-bond donors (Lipinski definition) is 2. The van der Waals surface area contributed by atoms with E-state index in [1.165, 1.54) is 19.1 Å². The number of β-amino-alcohol motifs (C(OH)–C–C–N with tert-alkyl or cyclic N) is 2. The zero-order valence-electron chi connectivity index (χ0n) is 10.6. The van der Waals surface area contributed by atoms with Crippen LogP contribution in [-0.4, -0.2) is 53.2 Å². The molecule has 110 valence electrons. The normalized spacial score (nSPS) is 23.9. The zero-order valence-corrected chi connectivity index (χ0v) is 11.4. The van der Waals surface area contributed by atoms with E-state index in [9.17, 15) is 28.7 Å². The minimum atomic E-state index is -3.98. The summed E-state index contributed by atoms with van der Waals surface area (Å²) in [5, 5.41) is 29.6. The van der Waals surface area contributed by atoms with Gasteiger partial charge in [0.25, 0.3) is 5.69 Å². The highest BCUT2D eigenvalue weighted by atomic mass is 32.2. The summed E-state index contributed by atoms with van der Waals surface area (Å²) >= 11 is 0. The van der Waals surface area contributed by atoms with Gasteiger partial charge in [0.15, 0.2) is 0 Å². The van der Waals surface area contributed by atoms with Crippen molar-refractivity contribution in [3.05, 3.63) is 33.9 Å². The van der Waals surface area contributed by atoms with Gasteiger partial charge in [0, 0.05) is 25.2 Å². The van der Waals surface area contributed by atoms with Crippen molar-refractivity contribution >= 4 is 15.7 Å². The molecule has 0 amide bonds. The van der Waals surface area contributed by atoms with Crippen LogP contribution in [0.4, 0.5) is 5.69 Å². The maximum absolute atomic E-state index is 12.4. The van der Waals surface area contributed by atoms with E-state index >= 15 is 0 Å². The van der Waals surface area contributed by atoms with Crippen LogP contribution in [0.5, 0.6) is 0 Å². The van der Waals surface area contributed by atoms with Crippen molar-refractivity contribution in [2.75, 3.05) is 13.1 Å². The molecule has 20 heavy (non-hydrogen) atoms.